The van der Waals surface area contributed by atoms with Gasteiger partial charge in [-0.05, 0) is 18.9 Å². The highest BCUT2D eigenvalue weighted by molar-refractivity contribution is 5.97. The standard InChI is InChI=1S/C20H22FN3O5.ClH/c1-28-19-16-11(18(25)12(20(26)27)7-24(16)10-2-3-10)6-13(21)17(19)23-8-14-15(9-23)29-5-4-22-14;/h6-7,10,14-15,22H,2-5,8-9H2,1H3,(H,26,27);1H/t14-,15+;/m1./s1. The molecule has 3 fully saturated rings. The molecule has 2 atom stereocenters. The van der Waals surface area contributed by atoms with E-state index in [4.69, 9.17) is 9.47 Å². The van der Waals surface area contributed by atoms with Crippen LogP contribution in [0.2, 0.25) is 0 Å². The van der Waals surface area contributed by atoms with Crippen molar-refractivity contribution in [2.24, 2.45) is 0 Å². The summed E-state index contributed by atoms with van der Waals surface area (Å²) in [7, 11) is 1.45. The van der Waals surface area contributed by atoms with Gasteiger partial charge in [0, 0.05) is 31.9 Å². The van der Waals surface area contributed by atoms with Crippen LogP contribution in [-0.2, 0) is 4.74 Å². The Kier molecular flexibility index (Phi) is 5.37. The van der Waals surface area contributed by atoms with Gasteiger partial charge in [-0.2, -0.15) is 0 Å². The average Bonchev–Trinajstić information content (AvgIpc) is 3.45. The molecule has 3 heterocycles. The number of nitrogens with zero attached hydrogens (tertiary/aromatic N) is 2. The van der Waals surface area contributed by atoms with Gasteiger partial charge in [0.05, 0.1) is 36.8 Å². The van der Waals surface area contributed by atoms with E-state index in [1.165, 1.54) is 13.3 Å². The summed E-state index contributed by atoms with van der Waals surface area (Å²) in [6.45, 7) is 2.44. The Morgan fingerprint density at radius 2 is 2.13 bits per heavy atom. The summed E-state index contributed by atoms with van der Waals surface area (Å²) in [6.07, 6.45) is 3.07. The second kappa shape index (κ2) is 7.72. The van der Waals surface area contributed by atoms with Crippen molar-refractivity contribution in [3.05, 3.63) is 33.9 Å². The number of halogens is 2. The summed E-state index contributed by atoms with van der Waals surface area (Å²) in [4.78, 5) is 26.2. The van der Waals surface area contributed by atoms with Crippen LogP contribution in [0.15, 0.2) is 17.1 Å². The number of morpholine rings is 1. The molecular weight excluding hydrogens is 417 g/mol. The monoisotopic (exact) mass is 439 g/mol. The van der Waals surface area contributed by atoms with Crippen LogP contribution < -0.4 is 20.4 Å². The Bertz CT molecular complexity index is 1060. The highest BCUT2D eigenvalue weighted by atomic mass is 35.5. The van der Waals surface area contributed by atoms with Crippen molar-refractivity contribution in [2.45, 2.75) is 31.0 Å². The van der Waals surface area contributed by atoms with Crippen molar-refractivity contribution in [3.8, 4) is 5.75 Å². The predicted molar refractivity (Wildman–Crippen MR) is 111 cm³/mol. The molecule has 0 unspecified atom stereocenters. The summed E-state index contributed by atoms with van der Waals surface area (Å²) < 4.78 is 28.5. The van der Waals surface area contributed by atoms with Gasteiger partial charge in [-0.3, -0.25) is 4.79 Å². The molecule has 1 aromatic carbocycles. The minimum absolute atomic E-state index is 0. The molecule has 1 aromatic heterocycles. The second-order valence-corrected chi connectivity index (χ2v) is 7.83. The SMILES string of the molecule is COc1c(N2C[C@@H]3OCCN[C@@H]3C2)c(F)cc2c(=O)c(C(=O)O)cn(C3CC3)c12.Cl. The third-order valence-corrected chi connectivity index (χ3v) is 6.00. The zero-order valence-corrected chi connectivity index (χ0v) is 17.2. The van der Waals surface area contributed by atoms with Gasteiger partial charge in [0.25, 0.3) is 0 Å². The number of carboxylic acids is 1. The van der Waals surface area contributed by atoms with Gasteiger partial charge in [0.1, 0.15) is 11.3 Å². The van der Waals surface area contributed by atoms with Gasteiger partial charge in [-0.15, -0.1) is 12.4 Å². The Hall–Kier alpha value is -2.36. The average molecular weight is 440 g/mol. The highest BCUT2D eigenvalue weighted by Gasteiger charge is 2.39. The third kappa shape index (κ3) is 3.21. The first-order valence-electron chi connectivity index (χ1n) is 9.78. The number of methoxy groups -OCH3 is 1. The predicted octanol–water partition coefficient (Wildman–Crippen LogP) is 1.78. The molecule has 2 aromatic rings. The van der Waals surface area contributed by atoms with Gasteiger partial charge < -0.3 is 29.4 Å². The van der Waals surface area contributed by atoms with Crippen molar-refractivity contribution in [3.63, 3.8) is 0 Å². The molecule has 2 saturated heterocycles. The van der Waals surface area contributed by atoms with Gasteiger partial charge in [0.2, 0.25) is 5.43 Å². The second-order valence-electron chi connectivity index (χ2n) is 7.83. The van der Waals surface area contributed by atoms with Gasteiger partial charge in [0.15, 0.2) is 11.6 Å². The topological polar surface area (TPSA) is 93.0 Å². The van der Waals surface area contributed by atoms with E-state index in [2.05, 4.69) is 5.32 Å². The Morgan fingerprint density at radius 1 is 1.37 bits per heavy atom. The van der Waals surface area contributed by atoms with Crippen LogP contribution in [0.4, 0.5) is 10.1 Å². The van der Waals surface area contributed by atoms with E-state index in [0.717, 1.165) is 25.5 Å². The fourth-order valence-corrected chi connectivity index (χ4v) is 4.50. The number of hydrogen-bond acceptors (Lipinski definition) is 6. The largest absolute Gasteiger partial charge is 0.492 e. The molecule has 0 amide bonds. The van der Waals surface area contributed by atoms with Crippen LogP contribution in [0.5, 0.6) is 5.75 Å². The number of nitrogens with one attached hydrogen (secondary N) is 1. The first-order chi connectivity index (χ1) is 14.0. The number of carboxylic acid groups (broad SMARTS) is 1. The Morgan fingerprint density at radius 3 is 2.77 bits per heavy atom. The number of rotatable bonds is 4. The van der Waals surface area contributed by atoms with Gasteiger partial charge >= 0.3 is 5.97 Å². The lowest BCUT2D eigenvalue weighted by atomic mass is 10.1. The molecule has 1 saturated carbocycles. The van der Waals surface area contributed by atoms with Crippen LogP contribution >= 0.6 is 12.4 Å². The molecule has 0 radical (unpaired) electrons. The smallest absolute Gasteiger partial charge is 0.341 e. The van der Waals surface area contributed by atoms with Crippen molar-refractivity contribution in [1.29, 1.82) is 0 Å². The molecule has 5 rings (SSSR count). The lowest BCUT2D eigenvalue weighted by molar-refractivity contribution is 0.0212. The quantitative estimate of drug-likeness (QED) is 0.750. The lowest BCUT2D eigenvalue weighted by Crippen LogP contribution is -2.47. The number of carbonyl (C=O) groups is 1. The summed E-state index contributed by atoms with van der Waals surface area (Å²) in [5.41, 5.74) is -0.321. The number of aromatic nitrogens is 1. The number of anilines is 1. The van der Waals surface area contributed by atoms with Crippen LogP contribution in [0, 0.1) is 5.82 Å². The van der Waals surface area contributed by atoms with E-state index >= 15 is 4.39 Å². The van der Waals surface area contributed by atoms with E-state index in [1.54, 1.807) is 4.57 Å². The fraction of sp³-hybridized carbons (Fsp3) is 0.500. The maximum Gasteiger partial charge on any atom is 0.341 e. The van der Waals surface area contributed by atoms with Crippen LogP contribution in [0.1, 0.15) is 29.2 Å². The summed E-state index contributed by atoms with van der Waals surface area (Å²) in [5.74, 6) is -1.66. The summed E-state index contributed by atoms with van der Waals surface area (Å²) in [5, 5.41) is 12.8. The van der Waals surface area contributed by atoms with E-state index in [-0.39, 0.29) is 53.0 Å². The van der Waals surface area contributed by atoms with Gasteiger partial charge in [-0.25, -0.2) is 9.18 Å². The lowest BCUT2D eigenvalue weighted by Gasteiger charge is -2.25. The molecule has 162 valence electrons. The molecule has 30 heavy (non-hydrogen) atoms. The van der Waals surface area contributed by atoms with Crippen molar-refractivity contribution in [2.75, 3.05) is 38.3 Å². The highest BCUT2D eigenvalue weighted by Crippen LogP contribution is 2.44. The first-order valence-corrected chi connectivity index (χ1v) is 9.78. The zero-order valence-electron chi connectivity index (χ0n) is 16.4. The maximum atomic E-state index is 15.3. The summed E-state index contributed by atoms with van der Waals surface area (Å²) in [6, 6.07) is 1.33. The summed E-state index contributed by atoms with van der Waals surface area (Å²) >= 11 is 0. The number of benzene rings is 1. The van der Waals surface area contributed by atoms with Crippen molar-refractivity contribution in [1.82, 2.24) is 9.88 Å². The third-order valence-electron chi connectivity index (χ3n) is 6.00. The number of pyridine rings is 1. The molecule has 2 aliphatic heterocycles. The molecule has 10 heteroatoms. The minimum Gasteiger partial charge on any atom is -0.492 e. The molecule has 3 aliphatic rings. The van der Waals surface area contributed by atoms with Crippen molar-refractivity contribution < 1.29 is 23.8 Å². The van der Waals surface area contributed by atoms with E-state index in [9.17, 15) is 14.7 Å². The van der Waals surface area contributed by atoms with E-state index in [1.807, 2.05) is 4.90 Å². The molecule has 1 aliphatic carbocycles. The molecule has 8 nitrogen and oxygen atoms in total. The molecule has 0 bridgehead atoms. The zero-order chi connectivity index (χ0) is 20.3. The fourth-order valence-electron chi connectivity index (χ4n) is 4.50. The van der Waals surface area contributed by atoms with E-state index in [0.29, 0.717) is 25.2 Å². The number of aromatic carboxylic acids is 1. The Balaban J connectivity index is 0.00000218. The number of ether oxygens (including phenoxy) is 2. The molecule has 2 N–H and O–H groups in total. The first kappa shape index (κ1) is 20.9. The van der Waals surface area contributed by atoms with Crippen LogP contribution in [-0.4, -0.2) is 61.1 Å². The maximum absolute atomic E-state index is 15.3. The molecular formula is C20H23ClFN3O5. The van der Waals surface area contributed by atoms with Crippen LogP contribution in [0.3, 0.4) is 0 Å². The normalized spacial score (nSPS) is 23.2. The Labute approximate surface area is 178 Å². The van der Waals surface area contributed by atoms with Crippen LogP contribution in [0.25, 0.3) is 10.9 Å². The van der Waals surface area contributed by atoms with Gasteiger partial charge in [-0.1, -0.05) is 0 Å². The number of fused-ring (bicyclic) bond motifs is 2. The van der Waals surface area contributed by atoms with Crippen molar-refractivity contribution >= 4 is 35.0 Å². The number of hydrogen-bond donors (Lipinski definition) is 2. The van der Waals surface area contributed by atoms with E-state index < -0.39 is 17.2 Å². The minimum atomic E-state index is -1.32. The molecule has 0 spiro atoms.